The average Bonchev–Trinajstić information content (AvgIpc) is 2.45. The lowest BCUT2D eigenvalue weighted by molar-refractivity contribution is 0.0697. The molecule has 0 fully saturated rings. The monoisotopic (exact) mass is 335 g/mol. The zero-order valence-corrected chi connectivity index (χ0v) is 12.5. The van der Waals surface area contributed by atoms with E-state index in [4.69, 9.17) is 9.84 Å². The molecule has 0 spiro atoms. The van der Waals surface area contributed by atoms with Gasteiger partial charge in [0.1, 0.15) is 5.75 Å². The van der Waals surface area contributed by atoms with Crippen molar-refractivity contribution in [3.05, 3.63) is 58.1 Å². The smallest absolute Gasteiger partial charge is 0.335 e. The van der Waals surface area contributed by atoms with Crippen molar-refractivity contribution in [3.8, 4) is 5.75 Å². The summed E-state index contributed by atoms with van der Waals surface area (Å²) >= 11 is 3.41. The van der Waals surface area contributed by atoms with Crippen LogP contribution in [-0.4, -0.2) is 18.2 Å². The number of carboxylic acid groups (broad SMARTS) is 1. The molecule has 2 N–H and O–H groups in total. The normalized spacial score (nSPS) is 10.1. The molecule has 104 valence electrons. The van der Waals surface area contributed by atoms with Crippen molar-refractivity contribution < 1.29 is 14.6 Å². The third kappa shape index (κ3) is 3.51. The van der Waals surface area contributed by atoms with Gasteiger partial charge in [0.05, 0.1) is 18.4 Å². The molecule has 0 saturated carbocycles. The largest absolute Gasteiger partial charge is 0.495 e. The number of hydrogen-bond acceptors (Lipinski definition) is 3. The summed E-state index contributed by atoms with van der Waals surface area (Å²) in [5.74, 6) is -0.186. The molecule has 20 heavy (non-hydrogen) atoms. The number of hydrogen-bond donors (Lipinski definition) is 2. The van der Waals surface area contributed by atoms with Gasteiger partial charge < -0.3 is 15.2 Å². The third-order valence-electron chi connectivity index (χ3n) is 2.82. The van der Waals surface area contributed by atoms with E-state index in [0.29, 0.717) is 6.54 Å². The number of anilines is 1. The number of carboxylic acids is 1. The van der Waals surface area contributed by atoms with Crippen LogP contribution in [0.5, 0.6) is 5.75 Å². The van der Waals surface area contributed by atoms with Crippen molar-refractivity contribution in [1.82, 2.24) is 0 Å². The Morgan fingerprint density at radius 1 is 1.30 bits per heavy atom. The lowest BCUT2D eigenvalue weighted by atomic mass is 10.1. The Balaban J connectivity index is 2.14. The number of carbonyl (C=O) groups is 1. The van der Waals surface area contributed by atoms with Crippen LogP contribution in [0.3, 0.4) is 0 Å². The lowest BCUT2D eigenvalue weighted by Gasteiger charge is -2.12. The number of halogens is 1. The van der Waals surface area contributed by atoms with E-state index in [-0.39, 0.29) is 5.56 Å². The summed E-state index contributed by atoms with van der Waals surface area (Å²) < 4.78 is 6.22. The Bertz CT molecular complexity index is 628. The summed E-state index contributed by atoms with van der Waals surface area (Å²) in [5.41, 5.74) is 2.03. The predicted octanol–water partition coefficient (Wildman–Crippen LogP) is 3.77. The van der Waals surface area contributed by atoms with Crippen LogP contribution in [0.1, 0.15) is 15.9 Å². The first kappa shape index (κ1) is 14.4. The molecule has 0 atom stereocenters. The zero-order chi connectivity index (χ0) is 14.5. The molecular weight excluding hydrogens is 322 g/mol. The van der Waals surface area contributed by atoms with Crippen molar-refractivity contribution in [1.29, 1.82) is 0 Å². The van der Waals surface area contributed by atoms with E-state index in [9.17, 15) is 4.79 Å². The number of ether oxygens (including phenoxy) is 1. The molecule has 0 aromatic heterocycles. The van der Waals surface area contributed by atoms with Gasteiger partial charge in [0.15, 0.2) is 0 Å². The number of rotatable bonds is 5. The molecule has 0 heterocycles. The molecular formula is C15H14BrNO3. The molecule has 0 radical (unpaired) electrons. The van der Waals surface area contributed by atoms with Gasteiger partial charge in [0.25, 0.3) is 0 Å². The van der Waals surface area contributed by atoms with Crippen LogP contribution in [0.4, 0.5) is 5.69 Å². The van der Waals surface area contributed by atoms with Gasteiger partial charge >= 0.3 is 5.97 Å². The van der Waals surface area contributed by atoms with Crippen molar-refractivity contribution >= 4 is 27.6 Å². The summed E-state index contributed by atoms with van der Waals surface area (Å²) in [6, 6.07) is 12.5. The topological polar surface area (TPSA) is 58.6 Å². The fourth-order valence-corrected chi connectivity index (χ4v) is 2.19. The van der Waals surface area contributed by atoms with Gasteiger partial charge in [0.2, 0.25) is 0 Å². The molecule has 0 saturated heterocycles. The number of aromatic carboxylic acids is 1. The van der Waals surface area contributed by atoms with E-state index < -0.39 is 5.97 Å². The van der Waals surface area contributed by atoms with E-state index in [2.05, 4.69) is 21.2 Å². The van der Waals surface area contributed by atoms with Gasteiger partial charge in [0, 0.05) is 11.0 Å². The van der Waals surface area contributed by atoms with E-state index in [1.54, 1.807) is 25.3 Å². The van der Waals surface area contributed by atoms with E-state index >= 15 is 0 Å². The summed E-state index contributed by atoms with van der Waals surface area (Å²) in [7, 11) is 1.61. The first-order valence-electron chi connectivity index (χ1n) is 6.00. The fourth-order valence-electron chi connectivity index (χ4n) is 1.83. The molecule has 0 aliphatic rings. The maximum absolute atomic E-state index is 10.9. The number of benzene rings is 2. The molecule has 4 nitrogen and oxygen atoms in total. The molecule has 0 bridgehead atoms. The molecule has 0 aliphatic carbocycles. The fraction of sp³-hybridized carbons (Fsp3) is 0.133. The highest BCUT2D eigenvalue weighted by Gasteiger charge is 2.05. The minimum Gasteiger partial charge on any atom is -0.495 e. The number of nitrogens with one attached hydrogen (secondary N) is 1. The van der Waals surface area contributed by atoms with Crippen LogP contribution in [0.25, 0.3) is 0 Å². The molecule has 0 unspecified atom stereocenters. The minimum absolute atomic E-state index is 0.283. The SMILES string of the molecule is COc1ccc(Br)cc1NCc1cccc(C(=O)O)c1. The maximum Gasteiger partial charge on any atom is 0.335 e. The van der Waals surface area contributed by atoms with Gasteiger partial charge in [-0.05, 0) is 35.9 Å². The van der Waals surface area contributed by atoms with E-state index in [1.165, 1.54) is 0 Å². The van der Waals surface area contributed by atoms with Crippen LogP contribution < -0.4 is 10.1 Å². The zero-order valence-electron chi connectivity index (χ0n) is 10.9. The summed E-state index contributed by atoms with van der Waals surface area (Å²) in [6.07, 6.45) is 0. The Hall–Kier alpha value is -2.01. The maximum atomic E-state index is 10.9. The quantitative estimate of drug-likeness (QED) is 0.873. The summed E-state index contributed by atoms with van der Waals surface area (Å²) in [4.78, 5) is 10.9. The highest BCUT2D eigenvalue weighted by molar-refractivity contribution is 9.10. The van der Waals surface area contributed by atoms with Gasteiger partial charge in [-0.15, -0.1) is 0 Å². The predicted molar refractivity (Wildman–Crippen MR) is 81.4 cm³/mol. The summed E-state index contributed by atoms with van der Waals surface area (Å²) in [6.45, 7) is 0.522. The molecule has 2 aromatic rings. The Kier molecular flexibility index (Phi) is 4.63. The molecule has 2 aromatic carbocycles. The van der Waals surface area contributed by atoms with Gasteiger partial charge in [-0.2, -0.15) is 0 Å². The highest BCUT2D eigenvalue weighted by Crippen LogP contribution is 2.28. The molecule has 2 rings (SSSR count). The first-order chi connectivity index (χ1) is 9.60. The van der Waals surface area contributed by atoms with Crippen molar-refractivity contribution in [2.45, 2.75) is 6.54 Å². The second-order valence-electron chi connectivity index (χ2n) is 4.20. The van der Waals surface area contributed by atoms with Crippen LogP contribution in [-0.2, 0) is 6.54 Å². The molecule has 5 heteroatoms. The van der Waals surface area contributed by atoms with E-state index in [1.807, 2.05) is 24.3 Å². The second-order valence-corrected chi connectivity index (χ2v) is 5.12. The summed E-state index contributed by atoms with van der Waals surface area (Å²) in [5, 5.41) is 12.2. The van der Waals surface area contributed by atoms with Gasteiger partial charge in [-0.25, -0.2) is 4.79 Å². The average molecular weight is 336 g/mol. The first-order valence-corrected chi connectivity index (χ1v) is 6.79. The van der Waals surface area contributed by atoms with E-state index in [0.717, 1.165) is 21.5 Å². The van der Waals surface area contributed by atoms with Crippen molar-refractivity contribution in [2.75, 3.05) is 12.4 Å². The number of methoxy groups -OCH3 is 1. The van der Waals surface area contributed by atoms with Crippen LogP contribution in [0, 0.1) is 0 Å². The van der Waals surface area contributed by atoms with Crippen molar-refractivity contribution in [2.24, 2.45) is 0 Å². The van der Waals surface area contributed by atoms with Crippen molar-refractivity contribution in [3.63, 3.8) is 0 Å². The standard InChI is InChI=1S/C15H14BrNO3/c1-20-14-6-5-12(16)8-13(14)17-9-10-3-2-4-11(7-10)15(18)19/h2-8,17H,9H2,1H3,(H,18,19). The third-order valence-corrected chi connectivity index (χ3v) is 3.31. The van der Waals surface area contributed by atoms with Crippen LogP contribution in [0.15, 0.2) is 46.9 Å². The molecule has 0 amide bonds. The highest BCUT2D eigenvalue weighted by atomic mass is 79.9. The Morgan fingerprint density at radius 2 is 2.10 bits per heavy atom. The Morgan fingerprint density at radius 3 is 2.80 bits per heavy atom. The Labute approximate surface area is 125 Å². The van der Waals surface area contributed by atoms with Gasteiger partial charge in [-0.1, -0.05) is 28.1 Å². The van der Waals surface area contributed by atoms with Crippen LogP contribution >= 0.6 is 15.9 Å². The minimum atomic E-state index is -0.924. The molecule has 0 aliphatic heterocycles. The second kappa shape index (κ2) is 6.43. The van der Waals surface area contributed by atoms with Gasteiger partial charge in [-0.3, -0.25) is 0 Å². The lowest BCUT2D eigenvalue weighted by Crippen LogP contribution is -2.03. The van der Waals surface area contributed by atoms with Crippen LogP contribution in [0.2, 0.25) is 0 Å².